The first kappa shape index (κ1) is 17.8. The summed E-state index contributed by atoms with van der Waals surface area (Å²) in [6, 6.07) is 6.67. The summed E-state index contributed by atoms with van der Waals surface area (Å²) in [5.41, 5.74) is 3.86. The lowest BCUT2D eigenvalue weighted by Crippen LogP contribution is -2.45. The third-order valence-corrected chi connectivity index (χ3v) is 5.89. The van der Waals surface area contributed by atoms with Crippen LogP contribution in [0.2, 0.25) is 0 Å². The lowest BCUT2D eigenvalue weighted by atomic mass is 9.55. The van der Waals surface area contributed by atoms with Gasteiger partial charge >= 0.3 is 0 Å². The van der Waals surface area contributed by atoms with Crippen molar-refractivity contribution in [2.45, 2.75) is 64.7 Å². The van der Waals surface area contributed by atoms with E-state index in [0.29, 0.717) is 23.5 Å². The minimum atomic E-state index is 0.219. The zero-order chi connectivity index (χ0) is 17.2. The summed E-state index contributed by atoms with van der Waals surface area (Å²) >= 11 is 0. The summed E-state index contributed by atoms with van der Waals surface area (Å²) in [7, 11) is 0. The molecule has 126 valence electrons. The van der Waals surface area contributed by atoms with E-state index in [2.05, 4.69) is 52.5 Å². The van der Waals surface area contributed by atoms with E-state index in [1.807, 2.05) is 0 Å². The van der Waals surface area contributed by atoms with Crippen LogP contribution < -0.4 is 0 Å². The number of aliphatic hydroxyl groups is 1. The predicted octanol–water partition coefficient (Wildman–Crippen LogP) is 5.78. The summed E-state index contributed by atoms with van der Waals surface area (Å²) in [6.45, 7) is 12.0. The molecule has 23 heavy (non-hydrogen) atoms. The van der Waals surface area contributed by atoms with Crippen molar-refractivity contribution in [3.63, 3.8) is 0 Å². The molecule has 1 aromatic rings. The van der Waals surface area contributed by atoms with Gasteiger partial charge in [-0.3, -0.25) is 4.79 Å². The summed E-state index contributed by atoms with van der Waals surface area (Å²) in [4.78, 5) is 12.6. The van der Waals surface area contributed by atoms with Gasteiger partial charge < -0.3 is 5.11 Å². The molecule has 3 rings (SSSR count). The second kappa shape index (κ2) is 6.90. The number of fused-ring (bicyclic) bond motifs is 3. The summed E-state index contributed by atoms with van der Waals surface area (Å²) in [6.07, 6.45) is 5.33. The summed E-state index contributed by atoms with van der Waals surface area (Å²) in [5.74, 6) is 2.08. The van der Waals surface area contributed by atoms with Gasteiger partial charge in [-0.15, -0.1) is 0 Å². The van der Waals surface area contributed by atoms with Gasteiger partial charge in [-0.05, 0) is 46.8 Å². The number of benzene rings is 1. The molecule has 0 aliphatic heterocycles. The maximum atomic E-state index is 12.6. The Balaban J connectivity index is 0.000000595. The predicted molar refractivity (Wildman–Crippen MR) is 96.2 cm³/mol. The highest BCUT2D eigenvalue weighted by atomic mass is 16.2. The monoisotopic (exact) mass is 314 g/mol. The molecule has 0 spiro atoms. The van der Waals surface area contributed by atoms with Gasteiger partial charge in [-0.25, -0.2) is 0 Å². The Morgan fingerprint density at radius 2 is 2.04 bits per heavy atom. The van der Waals surface area contributed by atoms with Gasteiger partial charge in [-0.1, -0.05) is 59.2 Å². The van der Waals surface area contributed by atoms with E-state index < -0.39 is 0 Å². The fraction of sp³-hybridized carbons (Fsp3) is 0.571. The Kier molecular flexibility index (Phi) is 5.33. The molecule has 0 radical (unpaired) electrons. The first-order valence-corrected chi connectivity index (χ1v) is 8.77. The van der Waals surface area contributed by atoms with Gasteiger partial charge in [0, 0.05) is 12.0 Å². The van der Waals surface area contributed by atoms with Crippen LogP contribution >= 0.6 is 0 Å². The van der Waals surface area contributed by atoms with Crippen molar-refractivity contribution in [1.29, 1.82) is 0 Å². The molecule has 1 unspecified atom stereocenters. The van der Waals surface area contributed by atoms with Gasteiger partial charge in [0.2, 0.25) is 0 Å². The van der Waals surface area contributed by atoms with Crippen LogP contribution in [0.15, 0.2) is 31.0 Å². The van der Waals surface area contributed by atoms with Crippen LogP contribution in [0.5, 0.6) is 0 Å². The van der Waals surface area contributed by atoms with Crippen LogP contribution in [0.25, 0.3) is 0 Å². The topological polar surface area (TPSA) is 37.3 Å². The van der Waals surface area contributed by atoms with Gasteiger partial charge in [0.05, 0.1) is 6.26 Å². The largest absolute Gasteiger partial charge is 0.516 e. The minimum Gasteiger partial charge on any atom is -0.516 e. The Morgan fingerprint density at radius 1 is 1.39 bits per heavy atom. The van der Waals surface area contributed by atoms with Gasteiger partial charge in [-0.2, -0.15) is 0 Å². The number of carbonyl (C=O) groups is 1. The number of Topliss-reactive ketones (excluding diaryl/α,β-unsaturated/α-hetero) is 1. The lowest BCUT2D eigenvalue weighted by Gasteiger charge is -2.49. The van der Waals surface area contributed by atoms with Crippen LogP contribution in [0.1, 0.15) is 80.8 Å². The molecule has 2 aliphatic rings. The molecule has 0 aromatic heterocycles. The van der Waals surface area contributed by atoms with Crippen LogP contribution in [0.3, 0.4) is 0 Å². The first-order chi connectivity index (χ1) is 10.8. The van der Waals surface area contributed by atoms with Crippen molar-refractivity contribution in [1.82, 2.24) is 0 Å². The average Bonchev–Trinajstić information content (AvgIpc) is 2.50. The second-order valence-corrected chi connectivity index (χ2v) is 7.66. The molecule has 0 bridgehead atoms. The van der Waals surface area contributed by atoms with E-state index in [4.69, 9.17) is 5.11 Å². The van der Waals surface area contributed by atoms with E-state index in [-0.39, 0.29) is 5.41 Å². The number of hydrogen-bond donors (Lipinski definition) is 1. The van der Waals surface area contributed by atoms with E-state index >= 15 is 0 Å². The highest BCUT2D eigenvalue weighted by molar-refractivity contribution is 5.99. The lowest BCUT2D eigenvalue weighted by molar-refractivity contribution is 0.0756. The number of ketones is 1. The van der Waals surface area contributed by atoms with Crippen molar-refractivity contribution >= 4 is 5.78 Å². The van der Waals surface area contributed by atoms with Crippen molar-refractivity contribution in [3.8, 4) is 0 Å². The Bertz CT molecular complexity index is 588. The second-order valence-electron chi connectivity index (χ2n) is 7.66. The fourth-order valence-electron chi connectivity index (χ4n) is 4.53. The molecule has 0 saturated heterocycles. The van der Waals surface area contributed by atoms with Gasteiger partial charge in [0.25, 0.3) is 0 Å². The standard InChI is InChI=1S/C19H26O.C2H4O/c1-12(2)14-7-8-16-15(10-14)18(20)11-17-13(3)6-5-9-19(16,17)4;1-2-3/h7-8,10,12-13,17H,5-6,9,11H2,1-4H3;2-3H,1H2/t13-,17?,19+;/m0./s1. The highest BCUT2D eigenvalue weighted by Crippen LogP contribution is 2.52. The Hall–Kier alpha value is -1.57. The molecule has 2 nitrogen and oxygen atoms in total. The van der Waals surface area contributed by atoms with Crippen molar-refractivity contribution < 1.29 is 9.90 Å². The third kappa shape index (κ3) is 3.22. The Labute approximate surface area is 140 Å². The fourth-order valence-corrected chi connectivity index (χ4v) is 4.53. The normalized spacial score (nSPS) is 29.2. The molecule has 0 heterocycles. The molecule has 0 amide bonds. The smallest absolute Gasteiger partial charge is 0.163 e. The van der Waals surface area contributed by atoms with Crippen molar-refractivity contribution in [2.24, 2.45) is 11.8 Å². The van der Waals surface area contributed by atoms with E-state index in [9.17, 15) is 4.79 Å². The maximum absolute atomic E-state index is 12.6. The molecule has 1 aromatic carbocycles. The molecule has 1 saturated carbocycles. The quantitative estimate of drug-likeness (QED) is 0.667. The van der Waals surface area contributed by atoms with E-state index in [0.717, 1.165) is 18.2 Å². The van der Waals surface area contributed by atoms with Crippen LogP contribution in [0.4, 0.5) is 0 Å². The number of carbonyl (C=O) groups excluding carboxylic acids is 1. The van der Waals surface area contributed by atoms with Crippen LogP contribution in [-0.4, -0.2) is 10.9 Å². The van der Waals surface area contributed by atoms with E-state index in [1.54, 1.807) is 0 Å². The third-order valence-electron chi connectivity index (χ3n) is 5.89. The molecular weight excluding hydrogens is 284 g/mol. The number of hydrogen-bond acceptors (Lipinski definition) is 2. The number of rotatable bonds is 1. The SMILES string of the molecule is C=CO.CC(C)c1ccc2c(c1)C(=O)CC1[C@@H](C)CCC[C@]21C. The minimum absolute atomic E-state index is 0.219. The average molecular weight is 314 g/mol. The highest BCUT2D eigenvalue weighted by Gasteiger charge is 2.47. The van der Waals surface area contributed by atoms with E-state index in [1.165, 1.54) is 30.4 Å². The summed E-state index contributed by atoms with van der Waals surface area (Å²) < 4.78 is 0. The van der Waals surface area contributed by atoms with Crippen LogP contribution in [-0.2, 0) is 5.41 Å². The maximum Gasteiger partial charge on any atom is 0.163 e. The molecular formula is C21H30O2. The van der Waals surface area contributed by atoms with Crippen LogP contribution in [0, 0.1) is 11.8 Å². The molecule has 2 aliphatic carbocycles. The summed E-state index contributed by atoms with van der Waals surface area (Å²) in [5, 5.41) is 7.33. The van der Waals surface area contributed by atoms with Gasteiger partial charge in [0.1, 0.15) is 0 Å². The first-order valence-electron chi connectivity index (χ1n) is 8.77. The molecule has 1 fully saturated rings. The van der Waals surface area contributed by atoms with Gasteiger partial charge in [0.15, 0.2) is 5.78 Å². The molecule has 2 heteroatoms. The van der Waals surface area contributed by atoms with Crippen molar-refractivity contribution in [2.75, 3.05) is 0 Å². The van der Waals surface area contributed by atoms with Crippen molar-refractivity contribution in [3.05, 3.63) is 47.7 Å². The zero-order valence-electron chi connectivity index (χ0n) is 14.9. The molecule has 3 atom stereocenters. The zero-order valence-corrected chi connectivity index (χ0v) is 14.9. The molecule has 1 N–H and O–H groups in total. The Morgan fingerprint density at radius 3 is 2.65 bits per heavy atom. The number of aliphatic hydroxyl groups excluding tert-OH is 1.